The van der Waals surface area contributed by atoms with Crippen molar-refractivity contribution in [3.8, 4) is 0 Å². The summed E-state index contributed by atoms with van der Waals surface area (Å²) in [7, 11) is 0. The Bertz CT molecular complexity index is 671. The fraction of sp³-hybridized carbons (Fsp3) is 0.333. The summed E-state index contributed by atoms with van der Waals surface area (Å²) in [4.78, 5) is 12.2. The third kappa shape index (κ3) is 3.17. The summed E-state index contributed by atoms with van der Waals surface area (Å²) < 4.78 is 1.16. The van der Waals surface area contributed by atoms with E-state index in [2.05, 4.69) is 27.3 Å². The summed E-state index contributed by atoms with van der Waals surface area (Å²) in [6.45, 7) is 0.523. The third-order valence-electron chi connectivity index (χ3n) is 3.81. The van der Waals surface area contributed by atoms with Gasteiger partial charge in [0.25, 0.3) is 5.69 Å². The molecule has 2 aromatic rings. The molecule has 0 aliphatic heterocycles. The monoisotopic (exact) mass is 366 g/mol. The maximum atomic E-state index is 11.0. The molecule has 1 aliphatic carbocycles. The number of rotatable bonds is 4. The molecule has 0 saturated carbocycles. The number of aryl methyl sites for hydroxylation is 1. The van der Waals surface area contributed by atoms with Crippen LogP contribution in [0.3, 0.4) is 0 Å². The summed E-state index contributed by atoms with van der Waals surface area (Å²) >= 11 is 5.34. The van der Waals surface area contributed by atoms with E-state index in [1.54, 1.807) is 23.5 Å². The van der Waals surface area contributed by atoms with E-state index in [9.17, 15) is 10.1 Å². The second-order valence-corrected chi connectivity index (χ2v) is 7.66. The highest BCUT2D eigenvalue weighted by Crippen LogP contribution is 2.38. The van der Waals surface area contributed by atoms with E-state index in [-0.39, 0.29) is 16.7 Å². The van der Waals surface area contributed by atoms with Gasteiger partial charge in [-0.25, -0.2) is 0 Å². The first kappa shape index (κ1) is 14.7. The standard InChI is InChI=1S/C15H15BrN2O2S/c16-15-8-11-12(5-3-7-14(11)21-15)17-9-10-4-1-2-6-13(10)18(19)20/h1-2,4,6,8,12,17H,3,5,7,9H2. The molecular weight excluding hydrogens is 352 g/mol. The van der Waals surface area contributed by atoms with Gasteiger partial charge in [0.2, 0.25) is 0 Å². The number of nitro groups is 1. The maximum absolute atomic E-state index is 11.0. The zero-order valence-corrected chi connectivity index (χ0v) is 13.7. The normalized spacial score (nSPS) is 17.5. The van der Waals surface area contributed by atoms with Gasteiger partial charge in [0.1, 0.15) is 0 Å². The first-order valence-electron chi connectivity index (χ1n) is 6.89. The number of benzene rings is 1. The van der Waals surface area contributed by atoms with Crippen LogP contribution in [0, 0.1) is 10.1 Å². The number of nitrogens with one attached hydrogen (secondary N) is 1. The van der Waals surface area contributed by atoms with Gasteiger partial charge < -0.3 is 5.32 Å². The highest BCUT2D eigenvalue weighted by molar-refractivity contribution is 9.11. The van der Waals surface area contributed by atoms with Crippen LogP contribution in [0.1, 0.15) is 34.9 Å². The molecule has 3 rings (SSSR count). The Morgan fingerprint density at radius 1 is 1.43 bits per heavy atom. The molecule has 0 spiro atoms. The quantitative estimate of drug-likeness (QED) is 0.635. The topological polar surface area (TPSA) is 55.2 Å². The van der Waals surface area contributed by atoms with E-state index in [1.165, 1.54) is 10.4 Å². The number of fused-ring (bicyclic) bond motifs is 1. The fourth-order valence-corrected chi connectivity index (χ4v) is 4.62. The van der Waals surface area contributed by atoms with Crippen molar-refractivity contribution < 1.29 is 4.92 Å². The first-order chi connectivity index (χ1) is 10.1. The zero-order valence-electron chi connectivity index (χ0n) is 11.3. The summed E-state index contributed by atoms with van der Waals surface area (Å²) in [5.41, 5.74) is 2.27. The average Bonchev–Trinajstić information content (AvgIpc) is 2.86. The molecule has 1 unspecified atom stereocenters. The van der Waals surface area contributed by atoms with Crippen LogP contribution in [0.5, 0.6) is 0 Å². The molecule has 1 aromatic heterocycles. The molecule has 4 nitrogen and oxygen atoms in total. The van der Waals surface area contributed by atoms with Crippen molar-refractivity contribution in [2.45, 2.75) is 31.8 Å². The van der Waals surface area contributed by atoms with Gasteiger partial charge in [0.05, 0.1) is 8.71 Å². The highest BCUT2D eigenvalue weighted by atomic mass is 79.9. The molecule has 1 N–H and O–H groups in total. The number of para-hydroxylation sites is 1. The molecule has 1 aliphatic rings. The Hall–Kier alpha value is -1.24. The Balaban J connectivity index is 1.76. The van der Waals surface area contributed by atoms with Gasteiger partial charge in [-0.15, -0.1) is 11.3 Å². The third-order valence-corrected chi connectivity index (χ3v) is 5.52. The molecule has 0 fully saturated rings. The predicted octanol–water partition coefficient (Wildman–Crippen LogP) is 4.59. The molecule has 110 valence electrons. The second-order valence-electron chi connectivity index (χ2n) is 5.14. The number of hydrogen-bond donors (Lipinski definition) is 1. The molecule has 0 bridgehead atoms. The zero-order chi connectivity index (χ0) is 14.8. The maximum Gasteiger partial charge on any atom is 0.273 e. The van der Waals surface area contributed by atoms with Crippen LogP contribution in [0.4, 0.5) is 5.69 Å². The van der Waals surface area contributed by atoms with Gasteiger partial charge in [-0.3, -0.25) is 10.1 Å². The van der Waals surface area contributed by atoms with E-state index >= 15 is 0 Å². The molecule has 1 atom stereocenters. The average molecular weight is 367 g/mol. The van der Waals surface area contributed by atoms with Gasteiger partial charge in [0.15, 0.2) is 0 Å². The predicted molar refractivity (Wildman–Crippen MR) is 87.6 cm³/mol. The summed E-state index contributed by atoms with van der Waals surface area (Å²) in [5.74, 6) is 0. The molecule has 0 saturated heterocycles. The lowest BCUT2D eigenvalue weighted by Crippen LogP contribution is -2.24. The van der Waals surface area contributed by atoms with Crippen LogP contribution in [0.25, 0.3) is 0 Å². The minimum Gasteiger partial charge on any atom is -0.306 e. The van der Waals surface area contributed by atoms with Crippen LogP contribution in [0.2, 0.25) is 0 Å². The first-order valence-corrected chi connectivity index (χ1v) is 8.50. The number of hydrogen-bond acceptors (Lipinski definition) is 4. The molecule has 21 heavy (non-hydrogen) atoms. The van der Waals surface area contributed by atoms with Crippen molar-refractivity contribution in [2.24, 2.45) is 0 Å². The van der Waals surface area contributed by atoms with Crippen LogP contribution >= 0.6 is 27.3 Å². The van der Waals surface area contributed by atoms with E-state index in [0.717, 1.165) is 28.6 Å². The molecular formula is C15H15BrN2O2S. The number of halogens is 1. The van der Waals surface area contributed by atoms with E-state index in [4.69, 9.17) is 0 Å². The van der Waals surface area contributed by atoms with Crippen LogP contribution < -0.4 is 5.32 Å². The minimum absolute atomic E-state index is 0.188. The fourth-order valence-electron chi connectivity index (χ4n) is 2.80. The largest absolute Gasteiger partial charge is 0.306 e. The Morgan fingerprint density at radius 2 is 2.24 bits per heavy atom. The molecule has 1 aromatic carbocycles. The van der Waals surface area contributed by atoms with Gasteiger partial charge in [-0.2, -0.15) is 0 Å². The second kappa shape index (κ2) is 6.25. The number of nitro benzene ring substituents is 1. The van der Waals surface area contributed by atoms with Crippen LogP contribution in [0.15, 0.2) is 34.1 Å². The molecule has 6 heteroatoms. The van der Waals surface area contributed by atoms with Crippen LogP contribution in [-0.2, 0) is 13.0 Å². The lowest BCUT2D eigenvalue weighted by molar-refractivity contribution is -0.385. The van der Waals surface area contributed by atoms with E-state index in [1.807, 2.05) is 12.1 Å². The van der Waals surface area contributed by atoms with Crippen LogP contribution in [-0.4, -0.2) is 4.92 Å². The lowest BCUT2D eigenvalue weighted by atomic mass is 9.94. The summed E-state index contributed by atoms with van der Waals surface area (Å²) in [5, 5.41) is 14.5. The van der Waals surface area contributed by atoms with Gasteiger partial charge in [0, 0.05) is 29.1 Å². The molecule has 0 amide bonds. The van der Waals surface area contributed by atoms with Crippen molar-refractivity contribution in [2.75, 3.05) is 0 Å². The SMILES string of the molecule is O=[N+]([O-])c1ccccc1CNC1CCCc2sc(Br)cc21. The van der Waals surface area contributed by atoms with Crippen molar-refractivity contribution in [3.63, 3.8) is 0 Å². The summed E-state index contributed by atoms with van der Waals surface area (Å²) in [6, 6.07) is 9.39. The van der Waals surface area contributed by atoms with E-state index < -0.39 is 0 Å². The van der Waals surface area contributed by atoms with Crippen molar-refractivity contribution >= 4 is 33.0 Å². The van der Waals surface area contributed by atoms with Gasteiger partial charge in [-0.1, -0.05) is 18.2 Å². The lowest BCUT2D eigenvalue weighted by Gasteiger charge is -2.23. The molecule has 1 heterocycles. The van der Waals surface area contributed by atoms with Crippen molar-refractivity contribution in [1.29, 1.82) is 0 Å². The van der Waals surface area contributed by atoms with E-state index in [0.29, 0.717) is 6.54 Å². The number of nitrogens with zero attached hydrogens (tertiary/aromatic N) is 1. The Kier molecular flexibility index (Phi) is 4.37. The van der Waals surface area contributed by atoms with Gasteiger partial charge in [-0.05, 0) is 46.8 Å². The Morgan fingerprint density at radius 3 is 3.05 bits per heavy atom. The molecule has 0 radical (unpaired) electrons. The van der Waals surface area contributed by atoms with Crippen molar-refractivity contribution in [1.82, 2.24) is 5.32 Å². The number of thiophene rings is 1. The van der Waals surface area contributed by atoms with Crippen molar-refractivity contribution in [3.05, 3.63) is 60.2 Å². The van der Waals surface area contributed by atoms with Gasteiger partial charge >= 0.3 is 0 Å². The highest BCUT2D eigenvalue weighted by Gasteiger charge is 2.23. The summed E-state index contributed by atoms with van der Waals surface area (Å²) in [6.07, 6.45) is 3.38. The minimum atomic E-state index is -0.315. The Labute approximate surface area is 135 Å². The smallest absolute Gasteiger partial charge is 0.273 e.